The van der Waals surface area contributed by atoms with Crippen molar-refractivity contribution >= 4 is 48.5 Å². The zero-order valence-electron chi connectivity index (χ0n) is 20.5. The van der Waals surface area contributed by atoms with Crippen molar-refractivity contribution in [2.45, 2.75) is 4.90 Å². The van der Waals surface area contributed by atoms with Crippen LogP contribution < -0.4 is 9.21 Å². The van der Waals surface area contributed by atoms with E-state index >= 15 is 0 Å². The van der Waals surface area contributed by atoms with Gasteiger partial charge in [-0.1, -0.05) is 18.2 Å². The number of hydrogen-bond acceptors (Lipinski definition) is 9. The van der Waals surface area contributed by atoms with E-state index < -0.39 is 26.0 Å². The summed E-state index contributed by atoms with van der Waals surface area (Å²) in [5, 5.41) is 0.547. The van der Waals surface area contributed by atoms with Crippen LogP contribution in [0.25, 0.3) is 10.9 Å². The SMILES string of the molecule is O=C(c1ccc(N(CS(=O)(=O)O)S(=O)(=O)c2cccc3cccnc23)cc1)N1CCN(c2cnccn2)CC1. The van der Waals surface area contributed by atoms with E-state index in [0.29, 0.717) is 41.4 Å². The standard InChI is InChI=1S/C25H24N6O6S2/c32-25(30-15-13-29(14-16-30)23-17-26-11-12-27-23)20-6-8-21(9-7-20)31(18-38(33,34)35)39(36,37)22-5-1-3-19-4-2-10-28-24(19)22/h1-12,17H,13-16,18H2,(H,33,34,35). The number of pyridine rings is 1. The lowest BCUT2D eigenvalue weighted by molar-refractivity contribution is 0.0746. The Morgan fingerprint density at radius 3 is 2.26 bits per heavy atom. The van der Waals surface area contributed by atoms with Crippen LogP contribution in [0.3, 0.4) is 0 Å². The number of aromatic nitrogens is 3. The van der Waals surface area contributed by atoms with E-state index in [0.717, 1.165) is 5.82 Å². The van der Waals surface area contributed by atoms with Crippen molar-refractivity contribution in [1.29, 1.82) is 0 Å². The molecule has 2 aromatic heterocycles. The first-order chi connectivity index (χ1) is 18.6. The predicted octanol–water partition coefficient (Wildman–Crippen LogP) is 2.03. The van der Waals surface area contributed by atoms with Gasteiger partial charge in [0.1, 0.15) is 10.7 Å². The molecule has 12 nitrogen and oxygen atoms in total. The molecule has 202 valence electrons. The summed E-state index contributed by atoms with van der Waals surface area (Å²) in [6, 6.07) is 13.4. The third-order valence-electron chi connectivity index (χ3n) is 6.29. The van der Waals surface area contributed by atoms with Gasteiger partial charge in [0.05, 0.1) is 17.4 Å². The van der Waals surface area contributed by atoms with Crippen molar-refractivity contribution in [1.82, 2.24) is 19.9 Å². The first-order valence-electron chi connectivity index (χ1n) is 11.9. The molecule has 2 aromatic carbocycles. The Balaban J connectivity index is 1.39. The summed E-state index contributed by atoms with van der Waals surface area (Å²) in [4.78, 5) is 29.1. The van der Waals surface area contributed by atoms with Crippen molar-refractivity contribution in [3.8, 4) is 0 Å². The Bertz CT molecular complexity index is 1700. The maximum atomic E-state index is 13.7. The van der Waals surface area contributed by atoms with E-state index in [1.54, 1.807) is 41.7 Å². The molecular formula is C25H24N6O6S2. The maximum absolute atomic E-state index is 13.7. The molecule has 3 heterocycles. The summed E-state index contributed by atoms with van der Waals surface area (Å²) in [6.45, 7) is 2.05. The quantitative estimate of drug-likeness (QED) is 0.328. The van der Waals surface area contributed by atoms with E-state index in [4.69, 9.17) is 0 Å². The molecule has 5 rings (SSSR count). The average Bonchev–Trinajstić information content (AvgIpc) is 2.95. The van der Waals surface area contributed by atoms with Gasteiger partial charge in [0.2, 0.25) is 0 Å². The molecule has 39 heavy (non-hydrogen) atoms. The van der Waals surface area contributed by atoms with Gasteiger partial charge in [-0.05, 0) is 36.4 Å². The van der Waals surface area contributed by atoms with Crippen molar-refractivity contribution in [3.05, 3.63) is 84.9 Å². The van der Waals surface area contributed by atoms with Crippen LogP contribution in [0, 0.1) is 0 Å². The summed E-state index contributed by atoms with van der Waals surface area (Å²) in [5.74, 6) is -0.728. The molecule has 0 bridgehead atoms. The second kappa shape index (κ2) is 10.6. The minimum atomic E-state index is -4.75. The molecule has 1 fully saturated rings. The second-order valence-electron chi connectivity index (χ2n) is 8.79. The Morgan fingerprint density at radius 1 is 0.872 bits per heavy atom. The molecule has 1 saturated heterocycles. The molecule has 1 aliphatic rings. The molecule has 0 aliphatic carbocycles. The Hall–Kier alpha value is -4.14. The Kier molecular flexibility index (Phi) is 7.16. The highest BCUT2D eigenvalue weighted by atomic mass is 32.2. The van der Waals surface area contributed by atoms with Crippen LogP contribution >= 0.6 is 0 Å². The van der Waals surface area contributed by atoms with E-state index in [9.17, 15) is 26.2 Å². The number of carbonyl (C=O) groups is 1. The number of sulfonamides is 1. The highest BCUT2D eigenvalue weighted by molar-refractivity contribution is 7.94. The molecule has 0 saturated carbocycles. The van der Waals surface area contributed by atoms with Gasteiger partial charge in [-0.15, -0.1) is 0 Å². The van der Waals surface area contributed by atoms with Crippen molar-refractivity contribution in [2.24, 2.45) is 0 Å². The summed E-state index contributed by atoms with van der Waals surface area (Å²) in [6.07, 6.45) is 6.30. The fraction of sp³-hybridized carbons (Fsp3) is 0.200. The third-order valence-corrected chi connectivity index (χ3v) is 8.84. The first-order valence-corrected chi connectivity index (χ1v) is 14.9. The third kappa shape index (κ3) is 5.67. The molecular weight excluding hydrogens is 544 g/mol. The van der Waals surface area contributed by atoms with E-state index in [1.165, 1.54) is 42.6 Å². The van der Waals surface area contributed by atoms with Crippen molar-refractivity contribution in [3.63, 3.8) is 0 Å². The monoisotopic (exact) mass is 568 g/mol. The number of carbonyl (C=O) groups excluding carboxylic acids is 1. The molecule has 0 radical (unpaired) electrons. The lowest BCUT2D eigenvalue weighted by atomic mass is 10.1. The summed E-state index contributed by atoms with van der Waals surface area (Å²) in [7, 11) is -9.23. The van der Waals surface area contributed by atoms with Gasteiger partial charge in [-0.3, -0.25) is 19.3 Å². The van der Waals surface area contributed by atoms with Gasteiger partial charge in [0.25, 0.3) is 26.0 Å². The van der Waals surface area contributed by atoms with Gasteiger partial charge in [-0.25, -0.2) is 17.7 Å². The average molecular weight is 569 g/mol. The molecule has 1 amide bonds. The van der Waals surface area contributed by atoms with Crippen LogP contribution in [0.1, 0.15) is 10.4 Å². The molecule has 14 heteroatoms. The van der Waals surface area contributed by atoms with Gasteiger partial charge in [-0.2, -0.15) is 8.42 Å². The summed E-state index contributed by atoms with van der Waals surface area (Å²) < 4.78 is 61.1. The van der Waals surface area contributed by atoms with Crippen LogP contribution in [-0.2, 0) is 20.1 Å². The van der Waals surface area contributed by atoms with Gasteiger partial charge in [0, 0.05) is 55.7 Å². The fourth-order valence-corrected chi connectivity index (χ4v) is 7.08. The summed E-state index contributed by atoms with van der Waals surface area (Å²) >= 11 is 0. The second-order valence-corrected chi connectivity index (χ2v) is 12.0. The Labute approximate surface area is 225 Å². The number of anilines is 2. The lowest BCUT2D eigenvalue weighted by Crippen LogP contribution is -2.49. The molecule has 1 aliphatic heterocycles. The van der Waals surface area contributed by atoms with Gasteiger partial charge < -0.3 is 9.80 Å². The fourth-order valence-electron chi connectivity index (χ4n) is 4.38. The zero-order valence-corrected chi connectivity index (χ0v) is 22.2. The van der Waals surface area contributed by atoms with Crippen LogP contribution in [0.4, 0.5) is 11.5 Å². The Morgan fingerprint density at radius 2 is 1.59 bits per heavy atom. The van der Waals surface area contributed by atoms with Crippen molar-refractivity contribution in [2.75, 3.05) is 41.3 Å². The van der Waals surface area contributed by atoms with Crippen molar-refractivity contribution < 1.29 is 26.2 Å². The zero-order chi connectivity index (χ0) is 27.6. The smallest absolute Gasteiger partial charge is 0.284 e. The van der Waals surface area contributed by atoms with Gasteiger partial charge in [0.15, 0.2) is 5.88 Å². The normalized spacial score (nSPS) is 14.4. The van der Waals surface area contributed by atoms with Crippen LogP contribution in [0.5, 0.6) is 0 Å². The number of rotatable bonds is 7. The minimum absolute atomic E-state index is 0.0374. The minimum Gasteiger partial charge on any atom is -0.352 e. The molecule has 1 N–H and O–H groups in total. The number of piperazine rings is 1. The molecule has 4 aromatic rings. The number of amides is 1. The molecule has 0 unspecified atom stereocenters. The molecule has 0 spiro atoms. The highest BCUT2D eigenvalue weighted by Crippen LogP contribution is 2.29. The number of fused-ring (bicyclic) bond motifs is 1. The first kappa shape index (κ1) is 26.5. The topological polar surface area (TPSA) is 154 Å². The number of hydrogen-bond donors (Lipinski definition) is 1. The van der Waals surface area contributed by atoms with Crippen LogP contribution in [0.2, 0.25) is 0 Å². The largest absolute Gasteiger partial charge is 0.352 e. The van der Waals surface area contributed by atoms with Gasteiger partial charge >= 0.3 is 0 Å². The maximum Gasteiger partial charge on any atom is 0.284 e. The highest BCUT2D eigenvalue weighted by Gasteiger charge is 2.31. The van der Waals surface area contributed by atoms with E-state index in [-0.39, 0.29) is 22.0 Å². The molecule has 0 atom stereocenters. The number of nitrogens with zero attached hydrogens (tertiary/aromatic N) is 6. The number of benzene rings is 2. The number of para-hydroxylation sites is 1. The lowest BCUT2D eigenvalue weighted by Gasteiger charge is -2.35. The predicted molar refractivity (Wildman–Crippen MR) is 144 cm³/mol. The summed E-state index contributed by atoms with van der Waals surface area (Å²) in [5.41, 5.74) is 0.431. The van der Waals surface area contributed by atoms with Crippen LogP contribution in [0.15, 0.2) is 84.3 Å². The van der Waals surface area contributed by atoms with E-state index in [2.05, 4.69) is 15.0 Å². The van der Waals surface area contributed by atoms with Crippen LogP contribution in [-0.4, -0.2) is 79.2 Å². The van der Waals surface area contributed by atoms with E-state index in [1.807, 2.05) is 4.90 Å².